The fourth-order valence-corrected chi connectivity index (χ4v) is 4.32. The summed E-state index contributed by atoms with van der Waals surface area (Å²) in [4.78, 5) is 15.2. The first-order chi connectivity index (χ1) is 15.3. The Kier molecular flexibility index (Phi) is 7.75. The maximum Gasteiger partial charge on any atom is 0.178 e. The molecule has 0 aliphatic heterocycles. The second-order valence-electron chi connectivity index (χ2n) is 8.26. The molecule has 1 heterocycles. The highest BCUT2D eigenvalue weighted by atomic mass is 16.5. The molecule has 2 aromatic carbocycles. The van der Waals surface area contributed by atoms with E-state index < -0.39 is 0 Å². The molecule has 5 nitrogen and oxygen atoms in total. The first-order valence-corrected chi connectivity index (χ1v) is 11.1. The Bertz CT molecular complexity index is 1060. The van der Waals surface area contributed by atoms with Gasteiger partial charge in [0.25, 0.3) is 0 Å². The monoisotopic (exact) mass is 434 g/mol. The summed E-state index contributed by atoms with van der Waals surface area (Å²) in [5.74, 6) is 1.57. The molecule has 1 unspecified atom stereocenters. The van der Waals surface area contributed by atoms with E-state index in [1.54, 1.807) is 7.11 Å². The summed E-state index contributed by atoms with van der Waals surface area (Å²) in [7, 11) is 3.60. The van der Waals surface area contributed by atoms with Gasteiger partial charge in [-0.2, -0.15) is 0 Å². The molecule has 32 heavy (non-hydrogen) atoms. The highest BCUT2D eigenvalue weighted by Crippen LogP contribution is 2.29. The zero-order valence-corrected chi connectivity index (χ0v) is 20.0. The standard InChI is InChI=1S/C27H34N2O3/c1-7-32-26-14-13-22(16-27(26)31-6)17-28(5)18-25(30)24-15-19(2)29(21(24)4)20(3)23-11-9-8-10-12-23/h8-16,20H,7,17-18H2,1-6H3. The summed E-state index contributed by atoms with van der Waals surface area (Å²) >= 11 is 0. The predicted octanol–water partition coefficient (Wildman–Crippen LogP) is 5.44. The summed E-state index contributed by atoms with van der Waals surface area (Å²) in [5.41, 5.74) is 5.21. The van der Waals surface area contributed by atoms with E-state index in [2.05, 4.69) is 42.7 Å². The number of ketones is 1. The maximum atomic E-state index is 13.2. The topological polar surface area (TPSA) is 43.7 Å². The molecule has 0 N–H and O–H groups in total. The zero-order chi connectivity index (χ0) is 23.3. The van der Waals surface area contributed by atoms with Gasteiger partial charge in [0.15, 0.2) is 17.3 Å². The van der Waals surface area contributed by atoms with E-state index in [9.17, 15) is 4.79 Å². The number of Topliss-reactive ketones (excluding diaryl/α,β-unsaturated/α-hetero) is 1. The molecule has 0 amide bonds. The maximum absolute atomic E-state index is 13.2. The van der Waals surface area contributed by atoms with Crippen LogP contribution in [0.4, 0.5) is 0 Å². The number of aromatic nitrogens is 1. The highest BCUT2D eigenvalue weighted by Gasteiger charge is 2.20. The number of rotatable bonds is 10. The van der Waals surface area contributed by atoms with E-state index >= 15 is 0 Å². The van der Waals surface area contributed by atoms with Crippen molar-refractivity contribution in [1.29, 1.82) is 0 Å². The number of hydrogen-bond donors (Lipinski definition) is 0. The Balaban J connectivity index is 1.72. The number of benzene rings is 2. The summed E-state index contributed by atoms with van der Waals surface area (Å²) in [6, 6.07) is 18.5. The second-order valence-corrected chi connectivity index (χ2v) is 8.26. The van der Waals surface area contributed by atoms with E-state index in [4.69, 9.17) is 9.47 Å². The minimum Gasteiger partial charge on any atom is -0.493 e. The lowest BCUT2D eigenvalue weighted by molar-refractivity contribution is 0.0942. The molecular weight excluding hydrogens is 400 g/mol. The van der Waals surface area contributed by atoms with Crippen LogP contribution in [0.15, 0.2) is 54.6 Å². The van der Waals surface area contributed by atoms with Crippen LogP contribution in [-0.4, -0.2) is 42.6 Å². The molecule has 3 rings (SSSR count). The number of carbonyl (C=O) groups is 1. The fraction of sp³-hybridized carbons (Fsp3) is 0.370. The molecule has 1 aromatic heterocycles. The number of ether oxygens (including phenoxy) is 2. The Morgan fingerprint density at radius 3 is 2.44 bits per heavy atom. The van der Waals surface area contributed by atoms with Crippen LogP contribution in [0.25, 0.3) is 0 Å². The lowest BCUT2D eigenvalue weighted by Crippen LogP contribution is -2.26. The number of methoxy groups -OCH3 is 1. The van der Waals surface area contributed by atoms with Crippen LogP contribution in [0, 0.1) is 13.8 Å². The van der Waals surface area contributed by atoms with Crippen LogP contribution in [0.2, 0.25) is 0 Å². The van der Waals surface area contributed by atoms with Crippen molar-refractivity contribution in [3.63, 3.8) is 0 Å². The van der Waals surface area contributed by atoms with E-state index in [-0.39, 0.29) is 11.8 Å². The van der Waals surface area contributed by atoms with Gasteiger partial charge in [0.2, 0.25) is 0 Å². The van der Waals surface area contributed by atoms with E-state index in [1.165, 1.54) is 5.56 Å². The predicted molar refractivity (Wildman–Crippen MR) is 129 cm³/mol. The van der Waals surface area contributed by atoms with Gasteiger partial charge < -0.3 is 14.0 Å². The molecule has 170 valence electrons. The van der Waals surface area contributed by atoms with Crippen LogP contribution >= 0.6 is 0 Å². The van der Waals surface area contributed by atoms with Crippen LogP contribution < -0.4 is 9.47 Å². The number of nitrogens with zero attached hydrogens (tertiary/aromatic N) is 2. The summed E-state index contributed by atoms with van der Waals surface area (Å²) in [6.45, 7) is 9.81. The van der Waals surface area contributed by atoms with Crippen molar-refractivity contribution < 1.29 is 14.3 Å². The molecule has 0 saturated carbocycles. The minimum absolute atomic E-state index is 0.130. The molecule has 1 atom stereocenters. The number of carbonyl (C=O) groups excluding carboxylic acids is 1. The third-order valence-corrected chi connectivity index (χ3v) is 5.85. The van der Waals surface area contributed by atoms with Crippen molar-refractivity contribution in [1.82, 2.24) is 9.47 Å². The Morgan fingerprint density at radius 1 is 1.06 bits per heavy atom. The molecule has 5 heteroatoms. The molecular formula is C27H34N2O3. The van der Waals surface area contributed by atoms with Gasteiger partial charge in [-0.05, 0) is 64.1 Å². The van der Waals surface area contributed by atoms with Gasteiger partial charge in [-0.15, -0.1) is 0 Å². The van der Waals surface area contributed by atoms with Gasteiger partial charge in [0.1, 0.15) is 0 Å². The minimum atomic E-state index is 0.130. The Morgan fingerprint density at radius 2 is 1.78 bits per heavy atom. The number of hydrogen-bond acceptors (Lipinski definition) is 4. The lowest BCUT2D eigenvalue weighted by atomic mass is 10.1. The van der Waals surface area contributed by atoms with Gasteiger partial charge >= 0.3 is 0 Å². The van der Waals surface area contributed by atoms with Gasteiger partial charge in [0.05, 0.1) is 26.3 Å². The SMILES string of the molecule is CCOc1ccc(CN(C)CC(=O)c2cc(C)n(C(C)c3ccccc3)c2C)cc1OC. The summed E-state index contributed by atoms with van der Waals surface area (Å²) in [6.07, 6.45) is 0. The van der Waals surface area contributed by atoms with Crippen molar-refractivity contribution in [3.8, 4) is 11.5 Å². The third kappa shape index (κ3) is 5.22. The second kappa shape index (κ2) is 10.5. The molecule has 0 bridgehead atoms. The molecule has 0 aliphatic rings. The third-order valence-electron chi connectivity index (χ3n) is 5.85. The first kappa shape index (κ1) is 23.6. The van der Waals surface area contributed by atoms with Crippen molar-refractivity contribution in [2.24, 2.45) is 0 Å². The Hall–Kier alpha value is -3.05. The molecule has 0 saturated heterocycles. The highest BCUT2D eigenvalue weighted by molar-refractivity contribution is 5.99. The molecule has 0 fully saturated rings. The van der Waals surface area contributed by atoms with Crippen LogP contribution in [0.5, 0.6) is 11.5 Å². The average molecular weight is 435 g/mol. The van der Waals surface area contributed by atoms with Crippen LogP contribution in [0.3, 0.4) is 0 Å². The van der Waals surface area contributed by atoms with Crippen LogP contribution in [0.1, 0.15) is 52.8 Å². The first-order valence-electron chi connectivity index (χ1n) is 11.1. The lowest BCUT2D eigenvalue weighted by Gasteiger charge is -2.20. The smallest absolute Gasteiger partial charge is 0.178 e. The van der Waals surface area contributed by atoms with Gasteiger partial charge in [-0.25, -0.2) is 0 Å². The number of aryl methyl sites for hydroxylation is 1. The van der Waals surface area contributed by atoms with Gasteiger partial charge in [-0.3, -0.25) is 9.69 Å². The Labute approximate surface area is 191 Å². The quantitative estimate of drug-likeness (QED) is 0.399. The zero-order valence-electron chi connectivity index (χ0n) is 20.0. The molecule has 0 radical (unpaired) electrons. The van der Waals surface area contributed by atoms with Gasteiger partial charge in [-0.1, -0.05) is 36.4 Å². The largest absolute Gasteiger partial charge is 0.493 e. The number of likely N-dealkylation sites (N-methyl/N-ethyl adjacent to an activating group) is 1. The average Bonchev–Trinajstić information content (AvgIpc) is 3.09. The van der Waals surface area contributed by atoms with Crippen molar-refractivity contribution in [3.05, 3.63) is 82.7 Å². The van der Waals surface area contributed by atoms with Crippen molar-refractivity contribution in [2.75, 3.05) is 27.3 Å². The van der Waals surface area contributed by atoms with Crippen LogP contribution in [-0.2, 0) is 6.54 Å². The van der Waals surface area contributed by atoms with Crippen molar-refractivity contribution >= 4 is 5.78 Å². The molecule has 3 aromatic rings. The summed E-state index contributed by atoms with van der Waals surface area (Å²) in [5, 5.41) is 0. The normalized spacial score (nSPS) is 12.1. The van der Waals surface area contributed by atoms with Crippen molar-refractivity contribution in [2.45, 2.75) is 40.3 Å². The van der Waals surface area contributed by atoms with E-state index in [0.717, 1.165) is 28.3 Å². The fourth-order valence-electron chi connectivity index (χ4n) is 4.32. The van der Waals surface area contributed by atoms with E-state index in [1.807, 2.05) is 56.1 Å². The van der Waals surface area contributed by atoms with E-state index in [0.29, 0.717) is 25.4 Å². The summed E-state index contributed by atoms with van der Waals surface area (Å²) < 4.78 is 13.3. The molecule has 0 spiro atoms. The molecule has 0 aliphatic carbocycles. The van der Waals surface area contributed by atoms with Gasteiger partial charge in [0, 0.05) is 23.5 Å².